The molecule has 2 nitrogen and oxygen atoms in total. The summed E-state index contributed by atoms with van der Waals surface area (Å²) in [5, 5.41) is 3.46. The van der Waals surface area contributed by atoms with Crippen LogP contribution in [-0.4, -0.2) is 4.99 Å². The lowest BCUT2D eigenvalue weighted by atomic mass is 9.86. The normalized spacial score (nSPS) is 11.2. The van der Waals surface area contributed by atoms with Crippen molar-refractivity contribution in [3.8, 4) is 0 Å². The molecule has 0 saturated heterocycles. The SMILES string of the molecule is CC(C)(C)c1ccccc1Nc1ccc(C(N)=S)cc1. The Bertz CT molecular complexity index is 610. The minimum absolute atomic E-state index is 0.0996. The van der Waals surface area contributed by atoms with Crippen molar-refractivity contribution in [2.75, 3.05) is 5.32 Å². The Balaban J connectivity index is 2.28. The van der Waals surface area contributed by atoms with Gasteiger partial charge in [0.2, 0.25) is 0 Å². The van der Waals surface area contributed by atoms with Crippen LogP contribution in [0.5, 0.6) is 0 Å². The van der Waals surface area contributed by atoms with Gasteiger partial charge in [0.1, 0.15) is 4.99 Å². The Morgan fingerprint density at radius 1 is 1.00 bits per heavy atom. The molecule has 0 aromatic heterocycles. The molecule has 104 valence electrons. The van der Waals surface area contributed by atoms with Crippen LogP contribution in [-0.2, 0) is 5.41 Å². The molecule has 2 rings (SSSR count). The number of rotatable bonds is 3. The van der Waals surface area contributed by atoms with E-state index in [1.807, 2.05) is 30.3 Å². The molecule has 3 N–H and O–H groups in total. The van der Waals surface area contributed by atoms with Crippen LogP contribution in [0.15, 0.2) is 48.5 Å². The first-order valence-electron chi connectivity index (χ1n) is 6.64. The van der Waals surface area contributed by atoms with E-state index in [1.54, 1.807) is 0 Å². The first-order valence-corrected chi connectivity index (χ1v) is 7.05. The summed E-state index contributed by atoms with van der Waals surface area (Å²) >= 11 is 4.96. The summed E-state index contributed by atoms with van der Waals surface area (Å²) in [6.45, 7) is 6.64. The fourth-order valence-corrected chi connectivity index (χ4v) is 2.26. The number of anilines is 2. The molecule has 0 aliphatic rings. The molecule has 0 aliphatic carbocycles. The standard InChI is InChI=1S/C17H20N2S/c1-17(2,3)14-6-4-5-7-15(14)19-13-10-8-12(9-11-13)16(18)20/h4-11,19H,1-3H3,(H2,18,20). The quantitative estimate of drug-likeness (QED) is 0.822. The lowest BCUT2D eigenvalue weighted by Crippen LogP contribution is -2.13. The Hall–Kier alpha value is -1.87. The monoisotopic (exact) mass is 284 g/mol. The van der Waals surface area contributed by atoms with E-state index in [1.165, 1.54) is 5.56 Å². The molecule has 20 heavy (non-hydrogen) atoms. The zero-order chi connectivity index (χ0) is 14.8. The third-order valence-corrected chi connectivity index (χ3v) is 3.42. The number of benzene rings is 2. The summed E-state index contributed by atoms with van der Waals surface area (Å²) in [4.78, 5) is 0.423. The van der Waals surface area contributed by atoms with Crippen LogP contribution < -0.4 is 11.1 Å². The predicted molar refractivity (Wildman–Crippen MR) is 90.8 cm³/mol. The van der Waals surface area contributed by atoms with E-state index in [-0.39, 0.29) is 5.41 Å². The fraction of sp³-hybridized carbons (Fsp3) is 0.235. The summed E-state index contributed by atoms with van der Waals surface area (Å²) in [7, 11) is 0. The molecule has 0 saturated carbocycles. The van der Waals surface area contributed by atoms with Crippen LogP contribution in [0.1, 0.15) is 31.9 Å². The molecule has 0 fully saturated rings. The molecular formula is C17H20N2S. The van der Waals surface area contributed by atoms with Gasteiger partial charge in [-0.05, 0) is 41.3 Å². The lowest BCUT2D eigenvalue weighted by Gasteiger charge is -2.23. The maximum Gasteiger partial charge on any atom is 0.103 e. The van der Waals surface area contributed by atoms with Gasteiger partial charge >= 0.3 is 0 Å². The van der Waals surface area contributed by atoms with Gasteiger partial charge in [-0.3, -0.25) is 0 Å². The smallest absolute Gasteiger partial charge is 0.103 e. The summed E-state index contributed by atoms with van der Waals surface area (Å²) < 4.78 is 0. The van der Waals surface area contributed by atoms with Crippen LogP contribution in [0, 0.1) is 0 Å². The topological polar surface area (TPSA) is 38.0 Å². The molecule has 0 heterocycles. The van der Waals surface area contributed by atoms with Crippen molar-refractivity contribution < 1.29 is 0 Å². The van der Waals surface area contributed by atoms with Gasteiger partial charge in [0.15, 0.2) is 0 Å². The molecule has 0 amide bonds. The predicted octanol–water partition coefficient (Wildman–Crippen LogP) is 4.36. The van der Waals surface area contributed by atoms with Crippen molar-refractivity contribution in [3.05, 3.63) is 59.7 Å². The van der Waals surface area contributed by atoms with Gasteiger partial charge < -0.3 is 11.1 Å². The Kier molecular flexibility index (Phi) is 4.09. The van der Waals surface area contributed by atoms with Gasteiger partial charge in [-0.1, -0.05) is 51.2 Å². The van der Waals surface area contributed by atoms with Crippen molar-refractivity contribution in [2.24, 2.45) is 5.73 Å². The van der Waals surface area contributed by atoms with Gasteiger partial charge in [-0.25, -0.2) is 0 Å². The maximum atomic E-state index is 5.61. The number of nitrogens with one attached hydrogen (secondary N) is 1. The highest BCUT2D eigenvalue weighted by molar-refractivity contribution is 7.80. The number of thiocarbonyl (C=S) groups is 1. The molecule has 0 radical (unpaired) electrons. The van der Waals surface area contributed by atoms with Crippen LogP contribution in [0.25, 0.3) is 0 Å². The van der Waals surface area contributed by atoms with E-state index in [0.29, 0.717) is 4.99 Å². The summed E-state index contributed by atoms with van der Waals surface area (Å²) in [5.74, 6) is 0. The van der Waals surface area contributed by atoms with Crippen molar-refractivity contribution in [2.45, 2.75) is 26.2 Å². The zero-order valence-electron chi connectivity index (χ0n) is 12.1. The minimum Gasteiger partial charge on any atom is -0.389 e. The third-order valence-electron chi connectivity index (χ3n) is 3.18. The Morgan fingerprint density at radius 2 is 1.60 bits per heavy atom. The highest BCUT2D eigenvalue weighted by Gasteiger charge is 2.17. The number of hydrogen-bond donors (Lipinski definition) is 2. The lowest BCUT2D eigenvalue weighted by molar-refractivity contribution is 0.592. The Morgan fingerprint density at radius 3 is 2.15 bits per heavy atom. The van der Waals surface area contributed by atoms with Crippen LogP contribution in [0.4, 0.5) is 11.4 Å². The second kappa shape index (κ2) is 5.63. The number of nitrogens with two attached hydrogens (primary N) is 1. The molecule has 0 unspecified atom stereocenters. The van der Waals surface area contributed by atoms with E-state index >= 15 is 0 Å². The second-order valence-corrected chi connectivity index (χ2v) is 6.30. The van der Waals surface area contributed by atoms with Crippen LogP contribution in [0.3, 0.4) is 0 Å². The summed E-state index contributed by atoms with van der Waals surface area (Å²) in [5.41, 5.74) is 10.0. The first-order chi connectivity index (χ1) is 9.38. The molecule has 2 aromatic rings. The maximum absolute atomic E-state index is 5.61. The molecule has 2 aromatic carbocycles. The van der Waals surface area contributed by atoms with Gasteiger partial charge in [0, 0.05) is 16.9 Å². The number of hydrogen-bond acceptors (Lipinski definition) is 2. The number of para-hydroxylation sites is 1. The van der Waals surface area contributed by atoms with Gasteiger partial charge in [-0.2, -0.15) is 0 Å². The second-order valence-electron chi connectivity index (χ2n) is 5.86. The molecule has 0 atom stereocenters. The van der Waals surface area contributed by atoms with E-state index in [0.717, 1.165) is 16.9 Å². The summed E-state index contributed by atoms with van der Waals surface area (Å²) in [6.07, 6.45) is 0. The van der Waals surface area contributed by atoms with E-state index in [2.05, 4.69) is 44.3 Å². The Labute approximate surface area is 126 Å². The van der Waals surface area contributed by atoms with Crippen molar-refractivity contribution in [3.63, 3.8) is 0 Å². The molecule has 0 aliphatic heterocycles. The highest BCUT2D eigenvalue weighted by atomic mass is 32.1. The first kappa shape index (κ1) is 14.5. The molecule has 0 spiro atoms. The van der Waals surface area contributed by atoms with Crippen LogP contribution in [0.2, 0.25) is 0 Å². The van der Waals surface area contributed by atoms with Gasteiger partial charge in [0.05, 0.1) is 0 Å². The van der Waals surface area contributed by atoms with Crippen molar-refractivity contribution in [1.82, 2.24) is 0 Å². The molecule has 3 heteroatoms. The van der Waals surface area contributed by atoms with Gasteiger partial charge in [0.25, 0.3) is 0 Å². The average Bonchev–Trinajstić information content (AvgIpc) is 2.38. The largest absolute Gasteiger partial charge is 0.389 e. The average molecular weight is 284 g/mol. The van der Waals surface area contributed by atoms with Crippen molar-refractivity contribution in [1.29, 1.82) is 0 Å². The van der Waals surface area contributed by atoms with E-state index in [9.17, 15) is 0 Å². The van der Waals surface area contributed by atoms with Gasteiger partial charge in [-0.15, -0.1) is 0 Å². The molecule has 0 bridgehead atoms. The molecular weight excluding hydrogens is 264 g/mol. The van der Waals surface area contributed by atoms with Crippen molar-refractivity contribution >= 4 is 28.6 Å². The third kappa shape index (κ3) is 3.36. The fourth-order valence-electron chi connectivity index (χ4n) is 2.12. The van der Waals surface area contributed by atoms with E-state index in [4.69, 9.17) is 18.0 Å². The summed E-state index contributed by atoms with van der Waals surface area (Å²) in [6, 6.07) is 16.2. The van der Waals surface area contributed by atoms with Crippen LogP contribution >= 0.6 is 12.2 Å². The highest BCUT2D eigenvalue weighted by Crippen LogP contribution is 2.31. The van der Waals surface area contributed by atoms with E-state index < -0.39 is 0 Å². The zero-order valence-corrected chi connectivity index (χ0v) is 12.9. The minimum atomic E-state index is 0.0996.